The molecular weight excluding hydrogens is 310 g/mol. The molecule has 0 spiro atoms. The van der Waals surface area contributed by atoms with Crippen LogP contribution in [0.5, 0.6) is 0 Å². The minimum absolute atomic E-state index is 0.460. The van der Waals surface area contributed by atoms with E-state index in [4.69, 9.17) is 5.11 Å². The Morgan fingerprint density at radius 2 is 1.83 bits per heavy atom. The summed E-state index contributed by atoms with van der Waals surface area (Å²) in [5.74, 6) is 1.69. The predicted octanol–water partition coefficient (Wildman–Crippen LogP) is 3.09. The second-order valence-corrected chi connectivity index (χ2v) is 4.99. The first kappa shape index (κ1) is 15.3. The second-order valence-electron chi connectivity index (χ2n) is 4.99. The minimum Gasteiger partial charge on any atom is -0.465 e. The molecule has 0 aliphatic rings. The summed E-state index contributed by atoms with van der Waals surface area (Å²) in [6.07, 6.45) is 2.03. The van der Waals surface area contributed by atoms with E-state index in [9.17, 15) is 4.79 Å². The number of hydrogen-bond acceptors (Lipinski definition) is 6. The molecule has 0 fully saturated rings. The molecule has 9 nitrogen and oxygen atoms in total. The Labute approximate surface area is 137 Å². The lowest BCUT2D eigenvalue weighted by Crippen LogP contribution is -2.07. The summed E-state index contributed by atoms with van der Waals surface area (Å²) in [5.41, 5.74) is 2.08. The lowest BCUT2D eigenvalue weighted by molar-refractivity contribution is 0.210. The van der Waals surface area contributed by atoms with E-state index in [0.717, 1.165) is 5.69 Å². The van der Waals surface area contributed by atoms with Gasteiger partial charge in [0.2, 0.25) is 0 Å². The Morgan fingerprint density at radius 3 is 2.54 bits per heavy atom. The van der Waals surface area contributed by atoms with Crippen molar-refractivity contribution in [2.24, 2.45) is 0 Å². The fourth-order valence-electron chi connectivity index (χ4n) is 2.05. The highest BCUT2D eigenvalue weighted by molar-refractivity contribution is 5.84. The van der Waals surface area contributed by atoms with Gasteiger partial charge in [-0.1, -0.05) is 6.07 Å². The Balaban J connectivity index is 1.73. The normalized spacial score (nSPS) is 10.2. The van der Waals surface area contributed by atoms with Crippen molar-refractivity contribution in [1.82, 2.24) is 20.2 Å². The van der Waals surface area contributed by atoms with E-state index >= 15 is 0 Å². The van der Waals surface area contributed by atoms with Crippen molar-refractivity contribution < 1.29 is 9.90 Å². The first-order valence-electron chi connectivity index (χ1n) is 7.06. The van der Waals surface area contributed by atoms with Crippen molar-refractivity contribution in [3.8, 4) is 0 Å². The van der Waals surface area contributed by atoms with E-state index in [1.54, 1.807) is 36.7 Å². The molecule has 0 bridgehead atoms. The molecule has 2 aromatic heterocycles. The van der Waals surface area contributed by atoms with Crippen LogP contribution < -0.4 is 16.0 Å². The third-order valence-electron chi connectivity index (χ3n) is 2.98. The summed E-state index contributed by atoms with van der Waals surface area (Å²) in [6, 6.07) is 8.69. The SMILES string of the molecule is Cc1cc(Nc2cncc(Nc3cccc(NC(=O)O)c3)n2)n[nH]1. The van der Waals surface area contributed by atoms with Gasteiger partial charge in [-0.15, -0.1) is 0 Å². The number of benzene rings is 1. The van der Waals surface area contributed by atoms with Crippen LogP contribution >= 0.6 is 0 Å². The summed E-state index contributed by atoms with van der Waals surface area (Å²) in [6.45, 7) is 1.90. The largest absolute Gasteiger partial charge is 0.465 e. The van der Waals surface area contributed by atoms with Crippen molar-refractivity contribution in [3.05, 3.63) is 48.4 Å². The van der Waals surface area contributed by atoms with E-state index in [2.05, 4.69) is 36.1 Å². The Hall–Kier alpha value is -3.62. The van der Waals surface area contributed by atoms with Crippen LogP contribution in [0, 0.1) is 6.92 Å². The van der Waals surface area contributed by atoms with Crippen LogP contribution in [-0.4, -0.2) is 31.4 Å². The monoisotopic (exact) mass is 325 g/mol. The smallest absolute Gasteiger partial charge is 0.409 e. The quantitative estimate of drug-likeness (QED) is 0.487. The summed E-state index contributed by atoms with van der Waals surface area (Å²) >= 11 is 0. The van der Waals surface area contributed by atoms with Gasteiger partial charge in [0.05, 0.1) is 12.4 Å². The number of rotatable bonds is 5. The lowest BCUT2D eigenvalue weighted by atomic mass is 10.3. The number of aromatic nitrogens is 4. The van der Waals surface area contributed by atoms with Gasteiger partial charge in [0.15, 0.2) is 17.5 Å². The molecule has 24 heavy (non-hydrogen) atoms. The molecule has 1 aromatic carbocycles. The minimum atomic E-state index is -1.12. The van der Waals surface area contributed by atoms with Crippen molar-refractivity contribution in [2.45, 2.75) is 6.92 Å². The Morgan fingerprint density at radius 1 is 1.08 bits per heavy atom. The van der Waals surface area contributed by atoms with E-state index in [1.165, 1.54) is 0 Å². The lowest BCUT2D eigenvalue weighted by Gasteiger charge is -2.09. The van der Waals surface area contributed by atoms with Crippen molar-refractivity contribution in [1.29, 1.82) is 0 Å². The number of nitrogens with zero attached hydrogens (tertiary/aromatic N) is 3. The first-order valence-corrected chi connectivity index (χ1v) is 7.06. The summed E-state index contributed by atoms with van der Waals surface area (Å²) in [7, 11) is 0. The van der Waals surface area contributed by atoms with Gasteiger partial charge in [-0.3, -0.25) is 15.4 Å². The van der Waals surface area contributed by atoms with Gasteiger partial charge in [0.1, 0.15) is 0 Å². The molecule has 0 saturated heterocycles. The predicted molar refractivity (Wildman–Crippen MR) is 90.0 cm³/mol. The van der Waals surface area contributed by atoms with Crippen molar-refractivity contribution >= 4 is 34.9 Å². The number of nitrogens with one attached hydrogen (secondary N) is 4. The van der Waals surface area contributed by atoms with Gasteiger partial charge in [-0.05, 0) is 25.1 Å². The standard InChI is InChI=1S/C15H15N7O2/c1-9-5-12(22-21-9)19-14-8-16-7-13(20-14)17-10-3-2-4-11(6-10)18-15(23)24/h2-8,18H,1H3,(H,23,24)(H3,17,19,20,21,22). The van der Waals surface area contributed by atoms with Gasteiger partial charge in [0.25, 0.3) is 0 Å². The molecule has 5 N–H and O–H groups in total. The van der Waals surface area contributed by atoms with Crippen LogP contribution in [0.3, 0.4) is 0 Å². The number of anilines is 5. The second kappa shape index (κ2) is 6.65. The topological polar surface area (TPSA) is 128 Å². The highest BCUT2D eigenvalue weighted by Crippen LogP contribution is 2.20. The van der Waals surface area contributed by atoms with Gasteiger partial charge < -0.3 is 15.7 Å². The number of aromatic amines is 1. The molecule has 3 rings (SSSR count). The number of carbonyl (C=O) groups is 1. The van der Waals surface area contributed by atoms with E-state index in [0.29, 0.717) is 28.8 Å². The molecule has 0 radical (unpaired) electrons. The van der Waals surface area contributed by atoms with Crippen LogP contribution in [0.25, 0.3) is 0 Å². The molecule has 9 heteroatoms. The molecule has 122 valence electrons. The van der Waals surface area contributed by atoms with Crippen LogP contribution in [0.1, 0.15) is 5.69 Å². The van der Waals surface area contributed by atoms with Crippen LogP contribution in [0.2, 0.25) is 0 Å². The molecule has 3 aromatic rings. The number of hydrogen-bond donors (Lipinski definition) is 5. The molecule has 0 aliphatic heterocycles. The van der Waals surface area contributed by atoms with Crippen molar-refractivity contribution in [3.63, 3.8) is 0 Å². The molecule has 0 aliphatic carbocycles. The summed E-state index contributed by atoms with van der Waals surface area (Å²) < 4.78 is 0. The molecule has 2 heterocycles. The molecule has 0 unspecified atom stereocenters. The molecule has 1 amide bonds. The molecular formula is C15H15N7O2. The van der Waals surface area contributed by atoms with Gasteiger partial charge in [0, 0.05) is 23.1 Å². The zero-order chi connectivity index (χ0) is 16.9. The first-order chi connectivity index (χ1) is 11.6. The zero-order valence-electron chi connectivity index (χ0n) is 12.7. The van der Waals surface area contributed by atoms with E-state index < -0.39 is 6.09 Å². The van der Waals surface area contributed by atoms with Gasteiger partial charge >= 0.3 is 6.09 Å². The number of H-pyrrole nitrogens is 1. The zero-order valence-corrected chi connectivity index (χ0v) is 12.7. The van der Waals surface area contributed by atoms with E-state index in [-0.39, 0.29) is 0 Å². The number of aryl methyl sites for hydroxylation is 1. The highest BCUT2D eigenvalue weighted by Gasteiger charge is 2.04. The van der Waals surface area contributed by atoms with Crippen LogP contribution in [-0.2, 0) is 0 Å². The number of amides is 1. The maximum atomic E-state index is 10.7. The fourth-order valence-corrected chi connectivity index (χ4v) is 2.05. The summed E-state index contributed by atoms with van der Waals surface area (Å²) in [4.78, 5) is 19.2. The molecule has 0 saturated carbocycles. The van der Waals surface area contributed by atoms with E-state index in [1.807, 2.05) is 13.0 Å². The third kappa shape index (κ3) is 3.97. The van der Waals surface area contributed by atoms with Crippen LogP contribution in [0.15, 0.2) is 42.7 Å². The fraction of sp³-hybridized carbons (Fsp3) is 0.0667. The molecule has 0 atom stereocenters. The van der Waals surface area contributed by atoms with Crippen LogP contribution in [0.4, 0.5) is 33.6 Å². The number of carboxylic acid groups (broad SMARTS) is 1. The van der Waals surface area contributed by atoms with Gasteiger partial charge in [-0.25, -0.2) is 9.78 Å². The maximum Gasteiger partial charge on any atom is 0.409 e. The maximum absolute atomic E-state index is 10.7. The van der Waals surface area contributed by atoms with Gasteiger partial charge in [-0.2, -0.15) is 5.10 Å². The Kier molecular flexibility index (Phi) is 4.23. The Bertz CT molecular complexity index is 862. The van der Waals surface area contributed by atoms with Crippen molar-refractivity contribution in [2.75, 3.05) is 16.0 Å². The average molecular weight is 325 g/mol. The average Bonchev–Trinajstić information content (AvgIpc) is 2.92. The summed E-state index contributed by atoms with van der Waals surface area (Å²) in [5, 5.41) is 24.1. The third-order valence-corrected chi connectivity index (χ3v) is 2.98. The highest BCUT2D eigenvalue weighted by atomic mass is 16.4.